The maximum Gasteiger partial charge on any atom is 0.261 e. The highest BCUT2D eigenvalue weighted by Gasteiger charge is 2.20. The van der Waals surface area contributed by atoms with E-state index in [0.717, 1.165) is 17.7 Å². The van der Waals surface area contributed by atoms with Gasteiger partial charge in [0.2, 0.25) is 0 Å². The fourth-order valence-electron chi connectivity index (χ4n) is 4.00. The lowest BCUT2D eigenvalue weighted by atomic mass is 10.1. The van der Waals surface area contributed by atoms with Gasteiger partial charge in [-0.1, -0.05) is 72.8 Å². The number of benzene rings is 4. The molecule has 0 atom stereocenters. The Kier molecular flexibility index (Phi) is 9.21. The summed E-state index contributed by atoms with van der Waals surface area (Å²) < 4.78 is 5.92. The van der Waals surface area contributed by atoms with E-state index in [1.807, 2.05) is 73.7 Å². The van der Waals surface area contributed by atoms with Gasteiger partial charge in [0, 0.05) is 18.7 Å². The van der Waals surface area contributed by atoms with E-state index in [-0.39, 0.29) is 11.0 Å². The second-order valence-electron chi connectivity index (χ2n) is 8.42. The zero-order chi connectivity index (χ0) is 26.7. The third-order valence-corrected chi connectivity index (χ3v) is 6.09. The smallest absolute Gasteiger partial charge is 0.261 e. The summed E-state index contributed by atoms with van der Waals surface area (Å²) in [6.07, 6.45) is 0.722. The molecule has 6 nitrogen and oxygen atoms in total. The van der Waals surface area contributed by atoms with Crippen LogP contribution in [-0.4, -0.2) is 30.1 Å². The summed E-state index contributed by atoms with van der Waals surface area (Å²) in [6, 6.07) is 33.6. The van der Waals surface area contributed by atoms with Crippen molar-refractivity contribution in [2.24, 2.45) is 0 Å². The molecule has 38 heavy (non-hydrogen) atoms. The first-order valence-electron chi connectivity index (χ1n) is 12.4. The number of hydrogen-bond acceptors (Lipinski definition) is 4. The number of para-hydroxylation sites is 3. The molecule has 0 aromatic heterocycles. The minimum atomic E-state index is -0.402. The number of rotatable bonds is 9. The van der Waals surface area contributed by atoms with Crippen LogP contribution < -0.4 is 20.3 Å². The van der Waals surface area contributed by atoms with Crippen molar-refractivity contribution in [1.29, 1.82) is 0 Å². The van der Waals surface area contributed by atoms with Crippen LogP contribution in [0.25, 0.3) is 0 Å². The van der Waals surface area contributed by atoms with Crippen molar-refractivity contribution in [3.05, 3.63) is 126 Å². The third kappa shape index (κ3) is 6.83. The molecule has 0 aliphatic rings. The molecule has 0 radical (unpaired) electrons. The first kappa shape index (κ1) is 26.6. The van der Waals surface area contributed by atoms with E-state index in [4.69, 9.17) is 17.0 Å². The van der Waals surface area contributed by atoms with E-state index in [1.165, 1.54) is 0 Å². The molecule has 0 heterocycles. The second-order valence-corrected chi connectivity index (χ2v) is 8.83. The first-order chi connectivity index (χ1) is 18.6. The Hall–Kier alpha value is -4.49. The lowest BCUT2D eigenvalue weighted by Gasteiger charge is -2.23. The molecular formula is C31H29N3O3S. The number of carbonyl (C=O) groups excluding carboxylic acids is 2. The monoisotopic (exact) mass is 523 g/mol. The summed E-state index contributed by atoms with van der Waals surface area (Å²) in [5, 5.41) is 5.81. The summed E-state index contributed by atoms with van der Waals surface area (Å²) in [4.78, 5) is 28.2. The number of hydrogen-bond donors (Lipinski definition) is 2. The van der Waals surface area contributed by atoms with E-state index in [2.05, 4.69) is 10.6 Å². The zero-order valence-corrected chi connectivity index (χ0v) is 21.9. The van der Waals surface area contributed by atoms with Crippen LogP contribution in [0.2, 0.25) is 0 Å². The molecule has 0 saturated carbocycles. The molecule has 4 rings (SSSR count). The van der Waals surface area contributed by atoms with Crippen molar-refractivity contribution in [3.8, 4) is 5.75 Å². The molecule has 2 N–H and O–H groups in total. The van der Waals surface area contributed by atoms with Gasteiger partial charge < -0.3 is 15.0 Å². The highest BCUT2D eigenvalue weighted by molar-refractivity contribution is 7.80. The maximum atomic E-state index is 13.4. The number of nitrogens with one attached hydrogen (secondary N) is 2. The second kappa shape index (κ2) is 13.2. The van der Waals surface area contributed by atoms with Gasteiger partial charge in [0.05, 0.1) is 23.4 Å². The van der Waals surface area contributed by atoms with Gasteiger partial charge in [-0.05, 0) is 61.1 Å². The highest BCUT2D eigenvalue weighted by atomic mass is 32.1. The number of anilines is 2. The third-order valence-electron chi connectivity index (χ3n) is 5.88. The summed E-state index contributed by atoms with van der Waals surface area (Å²) >= 11 is 5.43. The van der Waals surface area contributed by atoms with Crippen molar-refractivity contribution in [2.75, 3.05) is 23.4 Å². The lowest BCUT2D eigenvalue weighted by molar-refractivity contribution is 0.0971. The Bertz CT molecular complexity index is 1390. The normalized spacial score (nSPS) is 10.3. The molecule has 0 aliphatic carbocycles. The van der Waals surface area contributed by atoms with Crippen molar-refractivity contribution in [2.45, 2.75) is 13.3 Å². The Labute approximate surface area is 228 Å². The van der Waals surface area contributed by atoms with Gasteiger partial charge >= 0.3 is 0 Å². The van der Waals surface area contributed by atoms with Crippen LogP contribution in [0, 0.1) is 0 Å². The standard InChI is InChI=1S/C31H29N3O3S/c1-2-34(24-15-7-4-8-16-24)30(36)25-17-9-11-19-27(25)32-31(38)33-29(35)26-18-10-12-20-28(26)37-22-21-23-13-5-3-6-14-23/h3-20H,2,21-22H2,1H3,(H2,32,33,35,38). The van der Waals surface area contributed by atoms with E-state index in [0.29, 0.717) is 35.7 Å². The Balaban J connectivity index is 1.42. The Morgan fingerprint density at radius 3 is 2.11 bits per heavy atom. The van der Waals surface area contributed by atoms with Gasteiger partial charge in [0.1, 0.15) is 5.75 Å². The van der Waals surface area contributed by atoms with E-state index in [1.54, 1.807) is 47.4 Å². The van der Waals surface area contributed by atoms with Gasteiger partial charge in [-0.3, -0.25) is 14.9 Å². The summed E-state index contributed by atoms with van der Waals surface area (Å²) in [5.41, 5.74) is 3.27. The van der Waals surface area contributed by atoms with Crippen LogP contribution in [0.3, 0.4) is 0 Å². The largest absolute Gasteiger partial charge is 0.492 e. The van der Waals surface area contributed by atoms with Gasteiger partial charge in [-0.2, -0.15) is 0 Å². The number of thiocarbonyl (C=S) groups is 1. The van der Waals surface area contributed by atoms with Crippen LogP contribution in [0.4, 0.5) is 11.4 Å². The molecular weight excluding hydrogens is 494 g/mol. The van der Waals surface area contributed by atoms with Crippen molar-refractivity contribution in [1.82, 2.24) is 5.32 Å². The molecule has 4 aromatic carbocycles. The molecule has 0 aliphatic heterocycles. The Morgan fingerprint density at radius 2 is 1.39 bits per heavy atom. The first-order valence-corrected chi connectivity index (χ1v) is 12.8. The van der Waals surface area contributed by atoms with Crippen molar-refractivity contribution < 1.29 is 14.3 Å². The topological polar surface area (TPSA) is 70.7 Å². The molecule has 4 aromatic rings. The van der Waals surface area contributed by atoms with Gasteiger partial charge in [-0.15, -0.1) is 0 Å². The summed E-state index contributed by atoms with van der Waals surface area (Å²) in [6.45, 7) is 2.85. The average molecular weight is 524 g/mol. The predicted molar refractivity (Wildman–Crippen MR) is 156 cm³/mol. The molecule has 7 heteroatoms. The average Bonchev–Trinajstić information content (AvgIpc) is 2.95. The van der Waals surface area contributed by atoms with Crippen LogP contribution in [0.1, 0.15) is 33.2 Å². The molecule has 0 unspecified atom stereocenters. The van der Waals surface area contributed by atoms with Gasteiger partial charge in [0.15, 0.2) is 5.11 Å². The quantitative estimate of drug-likeness (QED) is 0.259. The number of ether oxygens (including phenoxy) is 1. The highest BCUT2D eigenvalue weighted by Crippen LogP contribution is 2.22. The zero-order valence-electron chi connectivity index (χ0n) is 21.1. The molecule has 0 spiro atoms. The molecule has 0 fully saturated rings. The lowest BCUT2D eigenvalue weighted by Crippen LogP contribution is -2.36. The van der Waals surface area contributed by atoms with Crippen molar-refractivity contribution in [3.63, 3.8) is 0 Å². The Morgan fingerprint density at radius 1 is 0.789 bits per heavy atom. The minimum absolute atomic E-state index is 0.0806. The van der Waals surface area contributed by atoms with Crippen LogP contribution in [-0.2, 0) is 6.42 Å². The molecule has 0 bridgehead atoms. The van der Waals surface area contributed by atoms with E-state index >= 15 is 0 Å². The minimum Gasteiger partial charge on any atom is -0.492 e. The summed E-state index contributed by atoms with van der Waals surface area (Å²) in [7, 11) is 0. The number of amides is 2. The molecule has 192 valence electrons. The summed E-state index contributed by atoms with van der Waals surface area (Å²) in [5.74, 6) is -0.102. The number of nitrogens with zero attached hydrogens (tertiary/aromatic N) is 1. The van der Waals surface area contributed by atoms with Gasteiger partial charge in [0.25, 0.3) is 11.8 Å². The van der Waals surface area contributed by atoms with E-state index < -0.39 is 5.91 Å². The SMILES string of the molecule is CCN(C(=O)c1ccccc1NC(=S)NC(=O)c1ccccc1OCCc1ccccc1)c1ccccc1. The predicted octanol–water partition coefficient (Wildman–Crippen LogP) is 6.10. The van der Waals surface area contributed by atoms with Crippen molar-refractivity contribution >= 4 is 40.5 Å². The molecule has 0 saturated heterocycles. The fraction of sp³-hybridized carbons (Fsp3) is 0.129. The van der Waals surface area contributed by atoms with E-state index in [9.17, 15) is 9.59 Å². The van der Waals surface area contributed by atoms with Gasteiger partial charge in [-0.25, -0.2) is 0 Å². The van der Waals surface area contributed by atoms with Crippen LogP contribution in [0.5, 0.6) is 5.75 Å². The number of carbonyl (C=O) groups is 2. The molecule has 2 amide bonds. The fourth-order valence-corrected chi connectivity index (χ4v) is 4.21. The maximum absolute atomic E-state index is 13.4. The van der Waals surface area contributed by atoms with Crippen LogP contribution >= 0.6 is 12.2 Å². The van der Waals surface area contributed by atoms with Crippen LogP contribution in [0.15, 0.2) is 109 Å².